The van der Waals surface area contributed by atoms with Gasteiger partial charge in [0.15, 0.2) is 17.0 Å². The molecule has 3 N–H and O–H groups in total. The number of fused-ring (bicyclic) bond motifs is 1. The third-order valence-corrected chi connectivity index (χ3v) is 5.28. The van der Waals surface area contributed by atoms with Gasteiger partial charge in [-0.2, -0.15) is 9.97 Å². The molecule has 0 saturated carbocycles. The molecule has 1 aromatic carbocycles. The summed E-state index contributed by atoms with van der Waals surface area (Å²) in [6, 6.07) is 7.66. The Morgan fingerprint density at radius 2 is 1.97 bits per heavy atom. The summed E-state index contributed by atoms with van der Waals surface area (Å²) in [4.78, 5) is 27.4. The molecule has 1 aliphatic rings. The zero-order valence-electron chi connectivity index (χ0n) is 17.5. The predicted octanol–water partition coefficient (Wildman–Crippen LogP) is 3.07. The lowest BCUT2D eigenvalue weighted by Gasteiger charge is -2.23. The van der Waals surface area contributed by atoms with Gasteiger partial charge in [0, 0.05) is 30.9 Å². The fourth-order valence-electron chi connectivity index (χ4n) is 3.76. The molecular formula is C21H27N7O2. The number of aliphatic hydroxyl groups excluding tert-OH is 1. The third kappa shape index (κ3) is 3.93. The van der Waals surface area contributed by atoms with Gasteiger partial charge < -0.3 is 25.2 Å². The standard InChI is InChI=1S/C21H27N7O2/c1-13(2)28-12-22-18-19(24-16-8-6-15(7-9-16)23-14(3)30)25-21(26-20(18)28)27-10-4-5-17(27)11-29/h6-9,12-13,17,29H,4-5,10-11H2,1-3H3,(H,23,30)(H,24,25,26). The largest absolute Gasteiger partial charge is 0.394 e. The first-order chi connectivity index (χ1) is 14.5. The molecule has 30 heavy (non-hydrogen) atoms. The zero-order chi connectivity index (χ0) is 21.3. The second-order valence-corrected chi connectivity index (χ2v) is 7.85. The quantitative estimate of drug-likeness (QED) is 0.574. The van der Waals surface area contributed by atoms with E-state index in [2.05, 4.69) is 34.4 Å². The minimum Gasteiger partial charge on any atom is -0.394 e. The van der Waals surface area contributed by atoms with E-state index in [0.29, 0.717) is 17.3 Å². The molecule has 4 rings (SSSR count). The summed E-state index contributed by atoms with van der Waals surface area (Å²) in [6.45, 7) is 6.55. The van der Waals surface area contributed by atoms with Gasteiger partial charge in [0.25, 0.3) is 0 Å². The van der Waals surface area contributed by atoms with E-state index in [0.717, 1.165) is 36.4 Å². The molecule has 0 bridgehead atoms. The van der Waals surface area contributed by atoms with Crippen molar-refractivity contribution in [3.05, 3.63) is 30.6 Å². The molecule has 1 aliphatic heterocycles. The maximum absolute atomic E-state index is 11.2. The van der Waals surface area contributed by atoms with Crippen molar-refractivity contribution in [1.82, 2.24) is 19.5 Å². The topological polar surface area (TPSA) is 108 Å². The highest BCUT2D eigenvalue weighted by Gasteiger charge is 2.28. The van der Waals surface area contributed by atoms with Gasteiger partial charge in [0.1, 0.15) is 0 Å². The Morgan fingerprint density at radius 3 is 2.63 bits per heavy atom. The molecule has 1 saturated heterocycles. The van der Waals surface area contributed by atoms with E-state index in [1.54, 1.807) is 6.33 Å². The van der Waals surface area contributed by atoms with Crippen molar-refractivity contribution in [3.63, 3.8) is 0 Å². The summed E-state index contributed by atoms with van der Waals surface area (Å²) in [7, 11) is 0. The van der Waals surface area contributed by atoms with Gasteiger partial charge in [-0.3, -0.25) is 4.79 Å². The van der Waals surface area contributed by atoms with Crippen LogP contribution in [0.25, 0.3) is 11.2 Å². The summed E-state index contributed by atoms with van der Waals surface area (Å²) in [6.07, 6.45) is 3.71. The number of hydrogen-bond donors (Lipinski definition) is 3. The minimum atomic E-state index is -0.110. The second-order valence-electron chi connectivity index (χ2n) is 7.85. The Hall–Kier alpha value is -3.20. The van der Waals surface area contributed by atoms with Gasteiger partial charge in [-0.25, -0.2) is 4.98 Å². The third-order valence-electron chi connectivity index (χ3n) is 5.28. The predicted molar refractivity (Wildman–Crippen MR) is 117 cm³/mol. The van der Waals surface area contributed by atoms with Gasteiger partial charge in [-0.15, -0.1) is 0 Å². The molecule has 0 radical (unpaired) electrons. The Bertz CT molecular complexity index is 1050. The number of imidazole rings is 1. The maximum atomic E-state index is 11.2. The molecule has 0 spiro atoms. The van der Waals surface area contributed by atoms with E-state index in [9.17, 15) is 9.90 Å². The van der Waals surface area contributed by atoms with Gasteiger partial charge in [0.05, 0.1) is 19.0 Å². The highest BCUT2D eigenvalue weighted by atomic mass is 16.3. The zero-order valence-corrected chi connectivity index (χ0v) is 17.5. The van der Waals surface area contributed by atoms with Crippen molar-refractivity contribution >= 4 is 40.2 Å². The average Bonchev–Trinajstić information content (AvgIpc) is 3.35. The summed E-state index contributed by atoms with van der Waals surface area (Å²) >= 11 is 0. The monoisotopic (exact) mass is 409 g/mol. The molecule has 1 fully saturated rings. The first-order valence-corrected chi connectivity index (χ1v) is 10.2. The SMILES string of the molecule is CC(=O)Nc1ccc(Nc2nc(N3CCCC3CO)nc3c2ncn3C(C)C)cc1. The number of carbonyl (C=O) groups excluding carboxylic acids is 1. The number of aliphatic hydroxyl groups is 1. The Morgan fingerprint density at radius 1 is 1.23 bits per heavy atom. The van der Waals surface area contributed by atoms with Gasteiger partial charge in [-0.05, 0) is 51.0 Å². The van der Waals surface area contributed by atoms with Crippen molar-refractivity contribution in [2.45, 2.75) is 45.7 Å². The molecule has 158 valence electrons. The molecule has 1 unspecified atom stereocenters. The van der Waals surface area contributed by atoms with Crippen LogP contribution in [0.2, 0.25) is 0 Å². The number of anilines is 4. The van der Waals surface area contributed by atoms with Crippen LogP contribution < -0.4 is 15.5 Å². The number of rotatable bonds is 6. The molecule has 9 heteroatoms. The summed E-state index contributed by atoms with van der Waals surface area (Å²) in [5.74, 6) is 1.10. The van der Waals surface area contributed by atoms with Crippen LogP contribution in [0.5, 0.6) is 0 Å². The van der Waals surface area contributed by atoms with Crippen LogP contribution in [0.3, 0.4) is 0 Å². The first kappa shape index (κ1) is 20.1. The van der Waals surface area contributed by atoms with Crippen LogP contribution in [0, 0.1) is 0 Å². The minimum absolute atomic E-state index is 0.0302. The average molecular weight is 409 g/mol. The summed E-state index contributed by atoms with van der Waals surface area (Å²) in [5, 5.41) is 15.9. The molecular weight excluding hydrogens is 382 g/mol. The van der Waals surface area contributed by atoms with Crippen LogP contribution in [0.4, 0.5) is 23.1 Å². The lowest BCUT2D eigenvalue weighted by molar-refractivity contribution is -0.114. The number of nitrogens with one attached hydrogen (secondary N) is 2. The molecule has 3 aromatic rings. The maximum Gasteiger partial charge on any atom is 0.229 e. The highest BCUT2D eigenvalue weighted by Crippen LogP contribution is 2.30. The molecule has 3 heterocycles. The normalized spacial score (nSPS) is 16.4. The summed E-state index contributed by atoms with van der Waals surface area (Å²) < 4.78 is 2.02. The van der Waals surface area contributed by atoms with E-state index >= 15 is 0 Å². The number of nitrogens with zero attached hydrogens (tertiary/aromatic N) is 5. The van der Waals surface area contributed by atoms with Crippen molar-refractivity contribution in [1.29, 1.82) is 0 Å². The molecule has 2 aromatic heterocycles. The second kappa shape index (κ2) is 8.27. The number of carbonyl (C=O) groups is 1. The Balaban J connectivity index is 1.73. The van der Waals surface area contributed by atoms with Gasteiger partial charge in [0.2, 0.25) is 11.9 Å². The van der Waals surface area contributed by atoms with Crippen LogP contribution in [-0.2, 0) is 4.79 Å². The van der Waals surface area contributed by atoms with E-state index in [1.807, 2.05) is 28.8 Å². The number of benzene rings is 1. The molecule has 1 atom stereocenters. The fourth-order valence-corrected chi connectivity index (χ4v) is 3.76. The smallest absolute Gasteiger partial charge is 0.229 e. The Kier molecular flexibility index (Phi) is 5.54. The van der Waals surface area contributed by atoms with Gasteiger partial charge in [-0.1, -0.05) is 0 Å². The van der Waals surface area contributed by atoms with Crippen molar-refractivity contribution in [3.8, 4) is 0 Å². The number of hydrogen-bond acceptors (Lipinski definition) is 7. The van der Waals surface area contributed by atoms with Crippen LogP contribution >= 0.6 is 0 Å². The van der Waals surface area contributed by atoms with Crippen LogP contribution in [-0.4, -0.2) is 49.7 Å². The van der Waals surface area contributed by atoms with Crippen LogP contribution in [0.15, 0.2) is 30.6 Å². The fraction of sp³-hybridized carbons (Fsp3) is 0.429. The lowest BCUT2D eigenvalue weighted by Crippen LogP contribution is -2.33. The van der Waals surface area contributed by atoms with Crippen molar-refractivity contribution in [2.24, 2.45) is 0 Å². The number of amides is 1. The molecule has 9 nitrogen and oxygen atoms in total. The van der Waals surface area contributed by atoms with E-state index < -0.39 is 0 Å². The van der Waals surface area contributed by atoms with Gasteiger partial charge >= 0.3 is 0 Å². The lowest BCUT2D eigenvalue weighted by atomic mass is 10.2. The van der Waals surface area contributed by atoms with E-state index in [1.165, 1.54) is 6.92 Å². The first-order valence-electron chi connectivity index (χ1n) is 10.2. The Labute approximate surface area is 175 Å². The number of aromatic nitrogens is 4. The molecule has 1 amide bonds. The van der Waals surface area contributed by atoms with E-state index in [-0.39, 0.29) is 24.6 Å². The van der Waals surface area contributed by atoms with Crippen LogP contribution in [0.1, 0.15) is 39.7 Å². The van der Waals surface area contributed by atoms with Crippen molar-refractivity contribution < 1.29 is 9.90 Å². The van der Waals surface area contributed by atoms with E-state index in [4.69, 9.17) is 9.97 Å². The summed E-state index contributed by atoms with van der Waals surface area (Å²) in [5.41, 5.74) is 3.01. The van der Waals surface area contributed by atoms with Crippen molar-refractivity contribution in [2.75, 3.05) is 28.7 Å². The molecule has 0 aliphatic carbocycles. The highest BCUT2D eigenvalue weighted by molar-refractivity contribution is 5.89.